The zero-order valence-electron chi connectivity index (χ0n) is 16.3. The maximum atomic E-state index is 13.0. The number of nitrogens with zero attached hydrogens (tertiary/aromatic N) is 4. The molecule has 3 saturated carbocycles. The lowest BCUT2D eigenvalue weighted by molar-refractivity contribution is -0.274. The van der Waals surface area contributed by atoms with E-state index < -0.39 is 12.1 Å². The second kappa shape index (κ2) is 5.46. The van der Waals surface area contributed by atoms with Crippen LogP contribution in [0.1, 0.15) is 31.5 Å². The minimum Gasteiger partial charge on any atom is -0.402 e. The van der Waals surface area contributed by atoms with Gasteiger partial charge in [0.25, 0.3) is 0 Å². The van der Waals surface area contributed by atoms with E-state index in [2.05, 4.69) is 26.1 Å². The van der Waals surface area contributed by atoms with Gasteiger partial charge in [0.2, 0.25) is 0 Å². The summed E-state index contributed by atoms with van der Waals surface area (Å²) in [4.78, 5) is 10.9. The summed E-state index contributed by atoms with van der Waals surface area (Å²) >= 11 is 0. The van der Waals surface area contributed by atoms with Gasteiger partial charge in [-0.3, -0.25) is 4.90 Å². The molecule has 0 radical (unpaired) electrons. The Morgan fingerprint density at radius 2 is 2.10 bits per heavy atom. The van der Waals surface area contributed by atoms with E-state index in [0.29, 0.717) is 35.7 Å². The van der Waals surface area contributed by atoms with Crippen molar-refractivity contribution in [2.75, 3.05) is 25.5 Å². The average Bonchev–Trinajstić information content (AvgIpc) is 3.60. The average molecular weight is 423 g/mol. The second-order valence-electron chi connectivity index (χ2n) is 9.11. The van der Waals surface area contributed by atoms with E-state index in [1.165, 1.54) is 12.3 Å². The van der Waals surface area contributed by atoms with Crippen molar-refractivity contribution in [3.63, 3.8) is 0 Å². The zero-order valence-corrected chi connectivity index (χ0v) is 16.3. The maximum absolute atomic E-state index is 13.0. The number of halogens is 4. The van der Waals surface area contributed by atoms with Gasteiger partial charge in [-0.1, -0.05) is 6.92 Å². The second-order valence-corrected chi connectivity index (χ2v) is 9.11. The zero-order chi connectivity index (χ0) is 21.1. The summed E-state index contributed by atoms with van der Waals surface area (Å²) in [5, 5.41) is 0. The van der Waals surface area contributed by atoms with Crippen LogP contribution in [0.4, 0.5) is 23.4 Å². The highest BCUT2D eigenvalue weighted by molar-refractivity contribution is 5.65. The highest BCUT2D eigenvalue weighted by Gasteiger charge is 3.00. The number of hydrogen-bond donors (Lipinski definition) is 1. The third-order valence-electron chi connectivity index (χ3n) is 7.42. The standard InChI is InChI=1S/C20H21F4N5O/c1-18-9-28(5-4-21)15-14(18)19(15,18)29-8-12(27-17(29)10-2-3-10)11-6-13(16(25)26-7-11)30-20(22,23)24/h6-8,10,14-15H,2-5,9H2,1H3,(H2,25,26)/t14-,15?,18?,19+/m0/s1. The van der Waals surface area contributed by atoms with Crippen molar-refractivity contribution in [1.29, 1.82) is 0 Å². The maximum Gasteiger partial charge on any atom is 0.573 e. The molecule has 2 aromatic heterocycles. The fourth-order valence-electron chi connectivity index (χ4n) is 6.06. The molecule has 4 atom stereocenters. The molecule has 0 amide bonds. The summed E-state index contributed by atoms with van der Waals surface area (Å²) in [7, 11) is 0. The first-order valence-electron chi connectivity index (χ1n) is 10.1. The summed E-state index contributed by atoms with van der Waals surface area (Å²) in [6.07, 6.45) is 0.594. The summed E-state index contributed by atoms with van der Waals surface area (Å²) in [5.74, 6) is 0.967. The summed E-state index contributed by atoms with van der Waals surface area (Å²) in [6.45, 7) is 3.19. The number of ether oxygens (including phenoxy) is 1. The molecule has 7 rings (SSSR count). The highest BCUT2D eigenvalue weighted by atomic mass is 19.4. The molecule has 4 heterocycles. The fourth-order valence-corrected chi connectivity index (χ4v) is 6.06. The van der Waals surface area contributed by atoms with Crippen LogP contribution in [0.5, 0.6) is 5.75 Å². The molecule has 10 heteroatoms. The molecule has 30 heavy (non-hydrogen) atoms. The molecule has 2 unspecified atom stereocenters. The minimum atomic E-state index is -4.85. The van der Waals surface area contributed by atoms with Gasteiger partial charge >= 0.3 is 6.36 Å². The highest BCUT2D eigenvalue weighted by Crippen LogP contribution is 2.91. The largest absolute Gasteiger partial charge is 0.573 e. The first kappa shape index (κ1) is 18.4. The van der Waals surface area contributed by atoms with Crippen molar-refractivity contribution in [3.8, 4) is 17.0 Å². The van der Waals surface area contributed by atoms with Crippen LogP contribution >= 0.6 is 0 Å². The first-order chi connectivity index (χ1) is 14.2. The predicted octanol–water partition coefficient (Wildman–Crippen LogP) is 3.30. The van der Waals surface area contributed by atoms with Gasteiger partial charge in [-0.15, -0.1) is 13.2 Å². The lowest BCUT2D eigenvalue weighted by Gasteiger charge is -2.20. The Bertz CT molecular complexity index is 1050. The molecule has 2 N–H and O–H groups in total. The molecule has 6 nitrogen and oxygen atoms in total. The van der Waals surface area contributed by atoms with Crippen molar-refractivity contribution < 1.29 is 22.3 Å². The number of imidazole rings is 1. The molecule has 5 fully saturated rings. The normalized spacial score (nSPS) is 34.2. The van der Waals surface area contributed by atoms with Crippen LogP contribution in [0.15, 0.2) is 18.5 Å². The molecule has 2 saturated heterocycles. The molecule has 5 aliphatic rings. The van der Waals surface area contributed by atoms with E-state index >= 15 is 0 Å². The molecule has 2 bridgehead atoms. The van der Waals surface area contributed by atoms with E-state index in [4.69, 9.17) is 10.7 Å². The Balaban J connectivity index is 1.38. The molecular formula is C20H21F4N5O. The van der Waals surface area contributed by atoms with Crippen molar-refractivity contribution in [3.05, 3.63) is 24.3 Å². The molecule has 2 aromatic rings. The Morgan fingerprint density at radius 1 is 1.33 bits per heavy atom. The number of alkyl halides is 4. The number of fused-ring (bicyclic) bond motifs is 1. The van der Waals surface area contributed by atoms with Gasteiger partial charge in [0, 0.05) is 54.3 Å². The van der Waals surface area contributed by atoms with Crippen molar-refractivity contribution in [1.82, 2.24) is 19.4 Å². The van der Waals surface area contributed by atoms with Crippen LogP contribution in [0.25, 0.3) is 11.3 Å². The van der Waals surface area contributed by atoms with Crippen LogP contribution in [-0.4, -0.2) is 51.6 Å². The summed E-state index contributed by atoms with van der Waals surface area (Å²) in [5.41, 5.74) is 6.60. The molecule has 3 aliphatic carbocycles. The van der Waals surface area contributed by atoms with Crippen LogP contribution in [0.2, 0.25) is 0 Å². The van der Waals surface area contributed by atoms with Gasteiger partial charge < -0.3 is 15.0 Å². The number of piperidine rings is 1. The van der Waals surface area contributed by atoms with E-state index in [0.717, 1.165) is 25.2 Å². The molecule has 0 spiro atoms. The lowest BCUT2D eigenvalue weighted by Crippen LogP contribution is -2.29. The van der Waals surface area contributed by atoms with E-state index in [1.807, 2.05) is 6.20 Å². The third kappa shape index (κ3) is 2.23. The molecule has 2 aliphatic heterocycles. The number of aromatic nitrogens is 3. The van der Waals surface area contributed by atoms with Crippen molar-refractivity contribution in [2.45, 2.75) is 43.6 Å². The number of rotatable bonds is 6. The van der Waals surface area contributed by atoms with E-state index in [9.17, 15) is 17.6 Å². The van der Waals surface area contributed by atoms with E-state index in [-0.39, 0.29) is 23.4 Å². The van der Waals surface area contributed by atoms with Gasteiger partial charge in [0.1, 0.15) is 12.5 Å². The van der Waals surface area contributed by atoms with E-state index in [1.54, 1.807) is 0 Å². The summed E-state index contributed by atoms with van der Waals surface area (Å²) < 4.78 is 57.3. The van der Waals surface area contributed by atoms with Gasteiger partial charge in [0.15, 0.2) is 11.6 Å². The quantitative estimate of drug-likeness (QED) is 0.722. The third-order valence-corrected chi connectivity index (χ3v) is 7.42. The summed E-state index contributed by atoms with van der Waals surface area (Å²) in [6, 6.07) is 1.56. The number of hydrogen-bond acceptors (Lipinski definition) is 5. The van der Waals surface area contributed by atoms with Crippen molar-refractivity contribution in [2.24, 2.45) is 11.3 Å². The Hall–Kier alpha value is -2.36. The Morgan fingerprint density at radius 3 is 2.73 bits per heavy atom. The minimum absolute atomic E-state index is 0.0577. The fraction of sp³-hybridized carbons (Fsp3) is 0.600. The number of nitrogen functional groups attached to an aromatic ring is 1. The van der Waals surface area contributed by atoms with Crippen LogP contribution < -0.4 is 10.5 Å². The smallest absolute Gasteiger partial charge is 0.402 e. The molecule has 160 valence electrons. The first-order valence-corrected chi connectivity index (χ1v) is 10.1. The number of nitrogens with two attached hydrogens (primary N) is 1. The molecule has 0 aromatic carbocycles. The SMILES string of the molecule is CC12CN(CCF)C3[C@@H]1[C@@]32n1cc(-c2cnc(N)c(OC(F)(F)F)c2)nc1C1CC1. The number of pyridine rings is 1. The molecular weight excluding hydrogens is 402 g/mol. The van der Waals surface area contributed by atoms with Gasteiger partial charge in [-0.2, -0.15) is 0 Å². The monoisotopic (exact) mass is 423 g/mol. The van der Waals surface area contributed by atoms with Crippen LogP contribution in [0, 0.1) is 11.3 Å². The van der Waals surface area contributed by atoms with Gasteiger partial charge in [-0.05, 0) is 18.9 Å². The topological polar surface area (TPSA) is 69.2 Å². The Labute approximate surface area is 170 Å². The van der Waals surface area contributed by atoms with Crippen LogP contribution in [-0.2, 0) is 5.54 Å². The number of anilines is 1. The Kier molecular flexibility index (Phi) is 3.35. The van der Waals surface area contributed by atoms with Crippen molar-refractivity contribution >= 4 is 5.82 Å². The lowest BCUT2D eigenvalue weighted by atomic mass is 9.97. The van der Waals surface area contributed by atoms with Gasteiger partial charge in [-0.25, -0.2) is 14.4 Å². The van der Waals surface area contributed by atoms with Gasteiger partial charge in [0.05, 0.1) is 11.2 Å². The predicted molar refractivity (Wildman–Crippen MR) is 99.4 cm³/mol. The van der Waals surface area contributed by atoms with Crippen LogP contribution in [0.3, 0.4) is 0 Å².